The summed E-state index contributed by atoms with van der Waals surface area (Å²) in [5.74, 6) is 0.480. The number of sulfonamides is 1. The summed E-state index contributed by atoms with van der Waals surface area (Å²) in [4.78, 5) is 4.06. The van der Waals surface area contributed by atoms with E-state index >= 15 is 0 Å². The molecule has 0 saturated carbocycles. The van der Waals surface area contributed by atoms with Crippen LogP contribution in [0.4, 0.5) is 0 Å². The van der Waals surface area contributed by atoms with Crippen LogP contribution in [0.2, 0.25) is 0 Å². The Kier molecular flexibility index (Phi) is 4.69. The molecule has 21 heavy (non-hydrogen) atoms. The van der Waals surface area contributed by atoms with Crippen LogP contribution in [0.5, 0.6) is 0 Å². The second kappa shape index (κ2) is 6.36. The van der Waals surface area contributed by atoms with E-state index in [1.165, 1.54) is 24.7 Å². The molecule has 118 valence electrons. The predicted octanol–water partition coefficient (Wildman–Crippen LogP) is 2.17. The van der Waals surface area contributed by atoms with Crippen molar-refractivity contribution in [3.05, 3.63) is 21.9 Å². The van der Waals surface area contributed by atoms with Crippen LogP contribution in [-0.2, 0) is 23.0 Å². The summed E-state index contributed by atoms with van der Waals surface area (Å²) >= 11 is 1.88. The number of aryl methyl sites for hydroxylation is 1. The fourth-order valence-electron chi connectivity index (χ4n) is 3.51. The monoisotopic (exact) mass is 328 g/mol. The molecule has 1 atom stereocenters. The lowest BCUT2D eigenvalue weighted by atomic mass is 9.99. The molecular weight excluding hydrogens is 304 g/mol. The largest absolute Gasteiger partial charge is 0.299 e. The topological polar surface area (TPSA) is 40.6 Å². The molecule has 1 saturated heterocycles. The summed E-state index contributed by atoms with van der Waals surface area (Å²) in [6.45, 7) is 4.60. The van der Waals surface area contributed by atoms with Gasteiger partial charge in [0.1, 0.15) is 0 Å². The van der Waals surface area contributed by atoms with Crippen molar-refractivity contribution in [2.75, 3.05) is 32.4 Å². The smallest absolute Gasteiger partial charge is 0.211 e. The zero-order valence-corrected chi connectivity index (χ0v) is 14.3. The second-order valence-electron chi connectivity index (χ2n) is 6.34. The number of hydrogen-bond acceptors (Lipinski definition) is 4. The van der Waals surface area contributed by atoms with E-state index in [1.54, 1.807) is 9.18 Å². The van der Waals surface area contributed by atoms with Gasteiger partial charge in [-0.25, -0.2) is 12.7 Å². The van der Waals surface area contributed by atoms with E-state index in [0.717, 1.165) is 32.5 Å². The number of piperidine rings is 1. The van der Waals surface area contributed by atoms with E-state index in [0.29, 0.717) is 19.0 Å². The van der Waals surface area contributed by atoms with Gasteiger partial charge in [-0.15, -0.1) is 11.3 Å². The summed E-state index contributed by atoms with van der Waals surface area (Å²) in [7, 11) is -3.03. The zero-order chi connectivity index (χ0) is 14.9. The highest BCUT2D eigenvalue weighted by molar-refractivity contribution is 7.88. The summed E-state index contributed by atoms with van der Waals surface area (Å²) < 4.78 is 25.1. The van der Waals surface area contributed by atoms with Crippen LogP contribution < -0.4 is 0 Å². The quantitative estimate of drug-likeness (QED) is 0.854. The third-order valence-electron chi connectivity index (χ3n) is 4.58. The Balaban J connectivity index is 1.61. The summed E-state index contributed by atoms with van der Waals surface area (Å²) in [5.41, 5.74) is 1.48. The van der Waals surface area contributed by atoms with Crippen LogP contribution in [-0.4, -0.2) is 50.1 Å². The van der Waals surface area contributed by atoms with Crippen molar-refractivity contribution in [1.82, 2.24) is 9.21 Å². The average molecular weight is 329 g/mol. The number of rotatable bonds is 3. The molecule has 0 spiro atoms. The minimum Gasteiger partial charge on any atom is -0.299 e. The average Bonchev–Trinajstić information content (AvgIpc) is 2.77. The molecule has 1 aromatic rings. The molecule has 0 aromatic carbocycles. The highest BCUT2D eigenvalue weighted by Gasteiger charge is 2.27. The molecule has 0 unspecified atom stereocenters. The molecule has 1 fully saturated rings. The number of fused-ring (bicyclic) bond motifs is 1. The van der Waals surface area contributed by atoms with Gasteiger partial charge in [-0.05, 0) is 55.2 Å². The van der Waals surface area contributed by atoms with Gasteiger partial charge in [0.25, 0.3) is 0 Å². The number of thiophene rings is 1. The van der Waals surface area contributed by atoms with E-state index in [9.17, 15) is 8.42 Å². The maximum atomic E-state index is 11.7. The SMILES string of the molecule is CS(=O)(=O)N1CCC[C@H](CN2CCCc3sccc3C2)C1. The molecule has 4 nitrogen and oxygen atoms in total. The van der Waals surface area contributed by atoms with Gasteiger partial charge in [0.05, 0.1) is 6.26 Å². The van der Waals surface area contributed by atoms with Crippen molar-refractivity contribution in [1.29, 1.82) is 0 Å². The Bertz CT molecular complexity index is 582. The molecule has 6 heteroatoms. The molecule has 2 aliphatic heterocycles. The lowest BCUT2D eigenvalue weighted by Crippen LogP contribution is -2.43. The normalized spacial score (nSPS) is 25.5. The predicted molar refractivity (Wildman–Crippen MR) is 87.1 cm³/mol. The molecule has 2 aliphatic rings. The molecule has 3 rings (SSSR count). The molecular formula is C15H24N2O2S2. The van der Waals surface area contributed by atoms with E-state index in [4.69, 9.17) is 0 Å². The highest BCUT2D eigenvalue weighted by atomic mass is 32.2. The van der Waals surface area contributed by atoms with E-state index in [1.807, 2.05) is 11.3 Å². The third-order valence-corrected chi connectivity index (χ3v) is 6.87. The van der Waals surface area contributed by atoms with Gasteiger partial charge in [-0.1, -0.05) is 0 Å². The van der Waals surface area contributed by atoms with Crippen LogP contribution in [0.25, 0.3) is 0 Å². The van der Waals surface area contributed by atoms with Crippen LogP contribution in [0.3, 0.4) is 0 Å². The Morgan fingerprint density at radius 2 is 2.19 bits per heavy atom. The van der Waals surface area contributed by atoms with E-state index in [-0.39, 0.29) is 0 Å². The molecule has 1 aromatic heterocycles. The summed E-state index contributed by atoms with van der Waals surface area (Å²) in [6.07, 6.45) is 5.90. The van der Waals surface area contributed by atoms with Crippen LogP contribution in [0, 0.1) is 5.92 Å². The fraction of sp³-hybridized carbons (Fsp3) is 0.733. The van der Waals surface area contributed by atoms with Crippen molar-refractivity contribution in [2.24, 2.45) is 5.92 Å². The van der Waals surface area contributed by atoms with Crippen molar-refractivity contribution >= 4 is 21.4 Å². The molecule has 3 heterocycles. The van der Waals surface area contributed by atoms with Gasteiger partial charge in [-0.3, -0.25) is 4.90 Å². The fourth-order valence-corrected chi connectivity index (χ4v) is 5.39. The molecule has 0 amide bonds. The molecule has 0 N–H and O–H groups in total. The second-order valence-corrected chi connectivity index (χ2v) is 9.32. The Morgan fingerprint density at radius 1 is 1.33 bits per heavy atom. The minimum atomic E-state index is -3.03. The first-order valence-electron chi connectivity index (χ1n) is 7.75. The lowest BCUT2D eigenvalue weighted by molar-refractivity contribution is 0.174. The maximum Gasteiger partial charge on any atom is 0.211 e. The zero-order valence-electron chi connectivity index (χ0n) is 12.6. The van der Waals surface area contributed by atoms with Crippen LogP contribution in [0.15, 0.2) is 11.4 Å². The maximum absolute atomic E-state index is 11.7. The minimum absolute atomic E-state index is 0.480. The van der Waals surface area contributed by atoms with E-state index < -0.39 is 10.0 Å². The molecule has 0 bridgehead atoms. The molecule has 0 radical (unpaired) electrons. The third kappa shape index (κ3) is 3.86. The first-order valence-corrected chi connectivity index (χ1v) is 10.5. The van der Waals surface area contributed by atoms with Crippen molar-refractivity contribution in [2.45, 2.75) is 32.2 Å². The van der Waals surface area contributed by atoms with Crippen molar-refractivity contribution in [3.8, 4) is 0 Å². The van der Waals surface area contributed by atoms with E-state index in [2.05, 4.69) is 16.3 Å². The van der Waals surface area contributed by atoms with Crippen LogP contribution >= 0.6 is 11.3 Å². The molecule has 0 aliphatic carbocycles. The number of nitrogens with zero attached hydrogens (tertiary/aromatic N) is 2. The van der Waals surface area contributed by atoms with Crippen molar-refractivity contribution in [3.63, 3.8) is 0 Å². The Hall–Kier alpha value is -0.430. The van der Waals surface area contributed by atoms with Gasteiger partial charge in [0.2, 0.25) is 10.0 Å². The van der Waals surface area contributed by atoms with Crippen LogP contribution in [0.1, 0.15) is 29.7 Å². The number of hydrogen-bond donors (Lipinski definition) is 0. The van der Waals surface area contributed by atoms with Gasteiger partial charge in [0.15, 0.2) is 0 Å². The van der Waals surface area contributed by atoms with Gasteiger partial charge < -0.3 is 0 Å². The summed E-state index contributed by atoms with van der Waals surface area (Å²) in [5, 5.41) is 2.19. The summed E-state index contributed by atoms with van der Waals surface area (Å²) in [6, 6.07) is 2.25. The highest BCUT2D eigenvalue weighted by Crippen LogP contribution is 2.26. The van der Waals surface area contributed by atoms with Gasteiger partial charge in [0, 0.05) is 31.1 Å². The lowest BCUT2D eigenvalue weighted by Gasteiger charge is -2.34. The van der Waals surface area contributed by atoms with Gasteiger partial charge in [-0.2, -0.15) is 0 Å². The Morgan fingerprint density at radius 3 is 3.00 bits per heavy atom. The first-order chi connectivity index (χ1) is 10.0. The Labute approximate surface area is 131 Å². The van der Waals surface area contributed by atoms with Crippen molar-refractivity contribution < 1.29 is 8.42 Å². The van der Waals surface area contributed by atoms with Gasteiger partial charge >= 0.3 is 0 Å². The standard InChI is InChI=1S/C15H24N2O2S2/c1-21(18,19)17-8-2-4-13(11-17)10-16-7-3-5-15-14(12-16)6-9-20-15/h6,9,13H,2-5,7-8,10-12H2,1H3/t13-/m1/s1. The first kappa shape index (κ1) is 15.5.